The van der Waals surface area contributed by atoms with Crippen molar-refractivity contribution in [1.29, 1.82) is 0 Å². The number of halogens is 3. The average molecular weight is 255 g/mol. The van der Waals surface area contributed by atoms with Crippen LogP contribution in [-0.4, -0.2) is 41.4 Å². The van der Waals surface area contributed by atoms with Crippen LogP contribution in [0.15, 0.2) is 0 Å². The smallest absolute Gasteiger partial charge is 0.422 e. The first-order chi connectivity index (χ1) is 7.68. The van der Waals surface area contributed by atoms with Gasteiger partial charge in [-0.25, -0.2) is 4.79 Å². The predicted molar refractivity (Wildman–Crippen MR) is 49.2 cm³/mol. The minimum absolute atomic E-state index is 0.286. The lowest BCUT2D eigenvalue weighted by molar-refractivity contribution is -0.207. The number of rotatable bonds is 3. The van der Waals surface area contributed by atoms with Crippen molar-refractivity contribution in [3.8, 4) is 0 Å². The molecule has 0 radical (unpaired) electrons. The van der Waals surface area contributed by atoms with E-state index >= 15 is 0 Å². The molecular weight excluding hydrogens is 243 g/mol. The number of nitrogens with one attached hydrogen (secondary N) is 1. The van der Waals surface area contributed by atoms with Gasteiger partial charge in [-0.2, -0.15) is 13.2 Å². The van der Waals surface area contributed by atoms with Crippen LogP contribution in [0.3, 0.4) is 0 Å². The van der Waals surface area contributed by atoms with Gasteiger partial charge in [0.05, 0.1) is 0 Å². The van der Waals surface area contributed by atoms with Gasteiger partial charge in [-0.05, 0) is 19.8 Å². The van der Waals surface area contributed by atoms with Gasteiger partial charge in [0.2, 0.25) is 11.4 Å². The van der Waals surface area contributed by atoms with E-state index in [-0.39, 0.29) is 6.61 Å². The maximum Gasteiger partial charge on any atom is 0.422 e. The molecule has 1 heterocycles. The highest BCUT2D eigenvalue weighted by molar-refractivity contribution is 5.89. The van der Waals surface area contributed by atoms with Crippen molar-refractivity contribution in [3.05, 3.63) is 0 Å². The van der Waals surface area contributed by atoms with Gasteiger partial charge in [0, 0.05) is 6.61 Å². The summed E-state index contributed by atoms with van der Waals surface area (Å²) in [6.07, 6.45) is -5.23. The summed E-state index contributed by atoms with van der Waals surface area (Å²) in [7, 11) is 0. The summed E-state index contributed by atoms with van der Waals surface area (Å²) in [6, 6.07) is 0. The third-order valence-electron chi connectivity index (χ3n) is 2.59. The van der Waals surface area contributed by atoms with E-state index in [2.05, 4.69) is 0 Å². The highest BCUT2D eigenvalue weighted by Gasteiger charge is 2.59. The van der Waals surface area contributed by atoms with Gasteiger partial charge in [0.1, 0.15) is 6.10 Å². The molecule has 1 aliphatic rings. The second-order valence-electron chi connectivity index (χ2n) is 3.92. The highest BCUT2D eigenvalue weighted by atomic mass is 19.4. The molecule has 0 saturated carbocycles. The minimum atomic E-state index is -5.08. The molecule has 1 saturated heterocycles. The Labute approximate surface area is 94.9 Å². The number of carbonyl (C=O) groups is 2. The van der Waals surface area contributed by atoms with Crippen molar-refractivity contribution in [2.45, 2.75) is 37.6 Å². The number of aliphatic carboxylic acids is 1. The van der Waals surface area contributed by atoms with E-state index in [4.69, 9.17) is 9.84 Å². The Morgan fingerprint density at radius 3 is 2.35 bits per heavy atom. The third kappa shape index (κ3) is 2.68. The monoisotopic (exact) mass is 255 g/mol. The second kappa shape index (κ2) is 4.52. The molecule has 8 heteroatoms. The minimum Gasteiger partial charge on any atom is -0.479 e. The summed E-state index contributed by atoms with van der Waals surface area (Å²) >= 11 is 0. The van der Waals surface area contributed by atoms with E-state index in [1.54, 1.807) is 0 Å². The Morgan fingerprint density at radius 1 is 1.41 bits per heavy atom. The fraction of sp³-hybridized carbons (Fsp3) is 0.778. The molecule has 5 nitrogen and oxygen atoms in total. The largest absolute Gasteiger partial charge is 0.479 e. The van der Waals surface area contributed by atoms with Crippen LogP contribution >= 0.6 is 0 Å². The molecule has 2 unspecified atom stereocenters. The van der Waals surface area contributed by atoms with Gasteiger partial charge >= 0.3 is 12.1 Å². The van der Waals surface area contributed by atoms with Gasteiger partial charge in [-0.1, -0.05) is 0 Å². The van der Waals surface area contributed by atoms with Crippen LogP contribution in [0.5, 0.6) is 0 Å². The quantitative estimate of drug-likeness (QED) is 0.777. The first-order valence-corrected chi connectivity index (χ1v) is 4.92. The summed E-state index contributed by atoms with van der Waals surface area (Å²) in [5.74, 6) is -3.21. The van der Waals surface area contributed by atoms with E-state index in [9.17, 15) is 22.8 Å². The summed E-state index contributed by atoms with van der Waals surface area (Å²) in [6.45, 7) is 0.691. The van der Waals surface area contributed by atoms with E-state index in [1.807, 2.05) is 0 Å². The number of carboxylic acids is 1. The summed E-state index contributed by atoms with van der Waals surface area (Å²) in [4.78, 5) is 22.1. The van der Waals surface area contributed by atoms with Crippen molar-refractivity contribution in [2.75, 3.05) is 6.61 Å². The standard InChI is InChI=1S/C9H12F3NO4/c1-8(7(15)16,9(10,11)12)13-6(14)5-3-2-4-17-5/h5H,2-4H2,1H3,(H,13,14)(H,15,16). The zero-order chi connectivity index (χ0) is 13.3. The molecule has 0 aromatic rings. The first-order valence-electron chi connectivity index (χ1n) is 4.92. The Kier molecular flexibility index (Phi) is 3.65. The topological polar surface area (TPSA) is 75.6 Å². The van der Waals surface area contributed by atoms with Crippen molar-refractivity contribution < 1.29 is 32.6 Å². The molecule has 0 spiro atoms. The van der Waals surface area contributed by atoms with Crippen LogP contribution in [0.4, 0.5) is 13.2 Å². The molecule has 2 atom stereocenters. The molecule has 1 amide bonds. The average Bonchev–Trinajstić information content (AvgIpc) is 2.67. The number of hydrogen-bond donors (Lipinski definition) is 2. The van der Waals surface area contributed by atoms with Crippen LogP contribution in [0, 0.1) is 0 Å². The molecule has 1 fully saturated rings. The molecule has 0 bridgehead atoms. The van der Waals surface area contributed by atoms with Gasteiger partial charge in [-0.3, -0.25) is 4.79 Å². The Balaban J connectivity index is 2.80. The third-order valence-corrected chi connectivity index (χ3v) is 2.59. The van der Waals surface area contributed by atoms with Gasteiger partial charge in [0.15, 0.2) is 0 Å². The number of carboxylic acid groups (broad SMARTS) is 1. The molecule has 0 aromatic carbocycles. The first kappa shape index (κ1) is 13.8. The molecule has 0 aromatic heterocycles. The van der Waals surface area contributed by atoms with Crippen LogP contribution in [0.1, 0.15) is 19.8 Å². The lowest BCUT2D eigenvalue weighted by atomic mass is 10.0. The lowest BCUT2D eigenvalue weighted by Crippen LogP contribution is -2.63. The molecule has 2 N–H and O–H groups in total. The van der Waals surface area contributed by atoms with Crippen molar-refractivity contribution in [3.63, 3.8) is 0 Å². The van der Waals surface area contributed by atoms with Gasteiger partial charge in [-0.15, -0.1) is 0 Å². The Hall–Kier alpha value is -1.31. The van der Waals surface area contributed by atoms with Crippen LogP contribution in [0.2, 0.25) is 0 Å². The van der Waals surface area contributed by atoms with E-state index in [0.29, 0.717) is 19.8 Å². The SMILES string of the molecule is CC(NC(=O)C1CCCO1)(C(=O)O)C(F)(F)F. The van der Waals surface area contributed by atoms with Gasteiger partial charge in [0.25, 0.3) is 0 Å². The van der Waals surface area contributed by atoms with E-state index in [1.165, 1.54) is 5.32 Å². The summed E-state index contributed by atoms with van der Waals surface area (Å²) < 4.78 is 42.6. The number of hydrogen-bond acceptors (Lipinski definition) is 3. The summed E-state index contributed by atoms with van der Waals surface area (Å²) in [5.41, 5.74) is -3.30. The van der Waals surface area contributed by atoms with E-state index < -0.39 is 29.7 Å². The normalized spacial score (nSPS) is 24.1. The molecule has 1 aliphatic heterocycles. The Bertz CT molecular complexity index is 325. The van der Waals surface area contributed by atoms with Crippen molar-refractivity contribution in [1.82, 2.24) is 5.32 Å². The lowest BCUT2D eigenvalue weighted by Gasteiger charge is -2.29. The number of alkyl halides is 3. The maximum absolute atomic E-state index is 12.6. The highest BCUT2D eigenvalue weighted by Crippen LogP contribution is 2.30. The predicted octanol–water partition coefficient (Wildman–Crippen LogP) is 0.687. The van der Waals surface area contributed by atoms with Crippen LogP contribution in [-0.2, 0) is 14.3 Å². The molecule has 98 valence electrons. The Morgan fingerprint density at radius 2 is 2.00 bits per heavy atom. The molecule has 0 aliphatic carbocycles. The number of ether oxygens (including phenoxy) is 1. The number of amides is 1. The van der Waals surface area contributed by atoms with Crippen LogP contribution < -0.4 is 5.32 Å². The zero-order valence-corrected chi connectivity index (χ0v) is 9.00. The number of carbonyl (C=O) groups excluding carboxylic acids is 1. The molecule has 1 rings (SSSR count). The van der Waals surface area contributed by atoms with E-state index in [0.717, 1.165) is 0 Å². The molecule has 17 heavy (non-hydrogen) atoms. The summed E-state index contributed by atoms with van der Waals surface area (Å²) in [5, 5.41) is 10.1. The van der Waals surface area contributed by atoms with Crippen molar-refractivity contribution >= 4 is 11.9 Å². The zero-order valence-electron chi connectivity index (χ0n) is 9.00. The molecular formula is C9H12F3NO4. The fourth-order valence-electron chi connectivity index (χ4n) is 1.36. The maximum atomic E-state index is 12.6. The fourth-order valence-corrected chi connectivity index (χ4v) is 1.36. The van der Waals surface area contributed by atoms with Gasteiger partial charge < -0.3 is 15.2 Å². The van der Waals surface area contributed by atoms with Crippen molar-refractivity contribution in [2.24, 2.45) is 0 Å². The van der Waals surface area contributed by atoms with Crippen LogP contribution in [0.25, 0.3) is 0 Å². The second-order valence-corrected chi connectivity index (χ2v) is 3.92.